The van der Waals surface area contributed by atoms with Crippen molar-refractivity contribution in [2.75, 3.05) is 13.6 Å². The Bertz CT molecular complexity index is 949. The first-order valence-electron chi connectivity index (χ1n) is 9.30. The molecule has 0 radical (unpaired) electrons. The molecule has 29 heavy (non-hydrogen) atoms. The minimum atomic E-state index is -0.825. The molecular weight excluding hydrogens is 372 g/mol. The second-order valence-corrected chi connectivity index (χ2v) is 6.78. The normalized spacial score (nSPS) is 16.2. The Morgan fingerprint density at radius 3 is 2.86 bits per heavy atom. The fourth-order valence-electron chi connectivity index (χ4n) is 2.99. The van der Waals surface area contributed by atoms with Gasteiger partial charge < -0.3 is 11.1 Å². The Kier molecular flexibility index (Phi) is 6.13. The summed E-state index contributed by atoms with van der Waals surface area (Å²) in [6.45, 7) is 2.32. The number of nitrogens with one attached hydrogen (secondary N) is 2. The second-order valence-electron chi connectivity index (χ2n) is 6.78. The summed E-state index contributed by atoms with van der Waals surface area (Å²) < 4.78 is 1.55. The number of carbonyl (C=O) groups excluding carboxylic acids is 2. The number of likely N-dealkylation sites (tertiary alicyclic amines) is 1. The van der Waals surface area contributed by atoms with Gasteiger partial charge in [-0.25, -0.2) is 9.67 Å². The summed E-state index contributed by atoms with van der Waals surface area (Å²) in [6, 6.07) is 4.01. The molecule has 2 unspecified atom stereocenters. The molecule has 2 atom stereocenters. The van der Waals surface area contributed by atoms with Gasteiger partial charge in [-0.1, -0.05) is 6.07 Å². The van der Waals surface area contributed by atoms with Crippen molar-refractivity contribution < 1.29 is 9.59 Å². The molecule has 0 aromatic carbocycles. The molecule has 0 aliphatic carbocycles. The maximum Gasteiger partial charge on any atom is 0.270 e. The summed E-state index contributed by atoms with van der Waals surface area (Å²) in [5.41, 5.74) is 6.87. The number of nitrogens with zero attached hydrogens (tertiary/aromatic N) is 5. The van der Waals surface area contributed by atoms with Gasteiger partial charge in [0.25, 0.3) is 5.91 Å². The molecule has 10 heteroatoms. The number of hydrogen-bond donors (Lipinski definition) is 3. The first kappa shape index (κ1) is 20.3. The molecule has 1 aliphatic rings. The second kappa shape index (κ2) is 8.74. The van der Waals surface area contributed by atoms with Crippen LogP contribution in [0, 0.1) is 5.41 Å². The minimum absolute atomic E-state index is 0.00347. The van der Waals surface area contributed by atoms with Gasteiger partial charge in [0.1, 0.15) is 17.6 Å². The molecule has 3 heterocycles. The largest absolute Gasteiger partial charge is 0.336 e. The standard InChI is InChI=1S/C19H24N8O2/c1-12(20)13-9-23-27(11-13)16-6-3-5-14(24-16)19(29)25-15(10-22-2)18(21)26-8-4-7-17(26)28/h3,5-6,9-12,15,21H,4,7-8,20H2,1-2H3,(H,25,29). The molecular formula is C19H24N8O2. The van der Waals surface area contributed by atoms with Crippen molar-refractivity contribution in [3.63, 3.8) is 0 Å². The molecule has 0 bridgehead atoms. The molecule has 4 N–H and O–H groups in total. The van der Waals surface area contributed by atoms with E-state index in [9.17, 15) is 9.59 Å². The van der Waals surface area contributed by atoms with E-state index in [0.717, 1.165) is 5.56 Å². The number of hydrogen-bond acceptors (Lipinski definition) is 7. The maximum absolute atomic E-state index is 12.7. The summed E-state index contributed by atoms with van der Waals surface area (Å²) in [6.07, 6.45) is 5.94. The highest BCUT2D eigenvalue weighted by Crippen LogP contribution is 2.13. The maximum atomic E-state index is 12.7. The van der Waals surface area contributed by atoms with E-state index < -0.39 is 11.9 Å². The number of amides is 2. The lowest BCUT2D eigenvalue weighted by Crippen LogP contribution is -2.49. The van der Waals surface area contributed by atoms with Crippen molar-refractivity contribution in [3.05, 3.63) is 41.9 Å². The molecule has 2 aromatic heterocycles. The van der Waals surface area contributed by atoms with E-state index in [1.807, 2.05) is 6.92 Å². The van der Waals surface area contributed by atoms with Gasteiger partial charge in [0.05, 0.1) is 6.20 Å². The molecule has 0 spiro atoms. The zero-order valence-corrected chi connectivity index (χ0v) is 16.4. The van der Waals surface area contributed by atoms with Crippen molar-refractivity contribution in [1.29, 1.82) is 5.41 Å². The van der Waals surface area contributed by atoms with Gasteiger partial charge >= 0.3 is 0 Å². The highest BCUT2D eigenvalue weighted by atomic mass is 16.2. The van der Waals surface area contributed by atoms with E-state index in [1.165, 1.54) is 11.1 Å². The van der Waals surface area contributed by atoms with Crippen LogP contribution in [0.3, 0.4) is 0 Å². The van der Waals surface area contributed by atoms with Gasteiger partial charge in [0, 0.05) is 44.0 Å². The third kappa shape index (κ3) is 4.54. The fraction of sp³-hybridized carbons (Fsp3) is 0.368. The first-order valence-corrected chi connectivity index (χ1v) is 9.30. The minimum Gasteiger partial charge on any atom is -0.336 e. The van der Waals surface area contributed by atoms with Gasteiger partial charge in [-0.15, -0.1) is 0 Å². The monoisotopic (exact) mass is 396 g/mol. The van der Waals surface area contributed by atoms with Crippen molar-refractivity contribution in [1.82, 2.24) is 25.0 Å². The van der Waals surface area contributed by atoms with Crippen molar-refractivity contribution in [2.24, 2.45) is 10.7 Å². The predicted molar refractivity (Wildman–Crippen MR) is 108 cm³/mol. The fourth-order valence-corrected chi connectivity index (χ4v) is 2.99. The number of aliphatic imine (C=N–C) groups is 1. The quantitative estimate of drug-likeness (QED) is 0.486. The molecule has 2 amide bonds. The predicted octanol–water partition coefficient (Wildman–Crippen LogP) is 0.686. The van der Waals surface area contributed by atoms with E-state index in [4.69, 9.17) is 11.1 Å². The van der Waals surface area contributed by atoms with Crippen LogP contribution in [0.5, 0.6) is 0 Å². The highest BCUT2D eigenvalue weighted by Gasteiger charge is 2.29. The lowest BCUT2D eigenvalue weighted by molar-refractivity contribution is -0.124. The van der Waals surface area contributed by atoms with Crippen LogP contribution in [0.2, 0.25) is 0 Å². The number of amidine groups is 1. The van der Waals surface area contributed by atoms with Gasteiger partial charge in [-0.2, -0.15) is 5.10 Å². The van der Waals surface area contributed by atoms with E-state index in [-0.39, 0.29) is 23.5 Å². The van der Waals surface area contributed by atoms with Crippen molar-refractivity contribution in [2.45, 2.75) is 31.8 Å². The summed E-state index contributed by atoms with van der Waals surface area (Å²) in [5, 5.41) is 15.3. The Morgan fingerprint density at radius 2 is 2.24 bits per heavy atom. The third-order valence-electron chi connectivity index (χ3n) is 4.57. The van der Waals surface area contributed by atoms with Gasteiger partial charge in [0.15, 0.2) is 5.82 Å². The van der Waals surface area contributed by atoms with E-state index in [1.54, 1.807) is 42.3 Å². The van der Waals surface area contributed by atoms with E-state index in [2.05, 4.69) is 20.4 Å². The summed E-state index contributed by atoms with van der Waals surface area (Å²) >= 11 is 0. The van der Waals surface area contributed by atoms with Gasteiger partial charge in [0.2, 0.25) is 5.91 Å². The molecule has 152 valence electrons. The number of rotatable bonds is 6. The zero-order chi connectivity index (χ0) is 21.0. The Hall–Kier alpha value is -3.40. The van der Waals surface area contributed by atoms with Crippen LogP contribution in [-0.2, 0) is 4.79 Å². The SMILES string of the molecule is CN=CC(NC(=O)c1cccc(-n2cc(C(C)N)cn2)n1)C(=N)N1CCCC1=O. The average molecular weight is 396 g/mol. The third-order valence-corrected chi connectivity index (χ3v) is 4.57. The van der Waals surface area contributed by atoms with Crippen molar-refractivity contribution in [3.8, 4) is 5.82 Å². The van der Waals surface area contributed by atoms with Crippen LogP contribution in [-0.4, -0.2) is 63.2 Å². The lowest BCUT2D eigenvalue weighted by atomic mass is 10.2. The average Bonchev–Trinajstić information content (AvgIpc) is 3.36. The molecule has 1 aliphatic heterocycles. The van der Waals surface area contributed by atoms with Crippen LogP contribution in [0.4, 0.5) is 0 Å². The molecule has 2 aromatic rings. The Balaban J connectivity index is 1.78. The topological polar surface area (TPSA) is 142 Å². The lowest BCUT2D eigenvalue weighted by Gasteiger charge is -2.23. The number of nitrogens with two attached hydrogens (primary N) is 1. The number of aromatic nitrogens is 3. The zero-order valence-electron chi connectivity index (χ0n) is 16.4. The first-order chi connectivity index (χ1) is 13.9. The molecule has 1 saturated heterocycles. The van der Waals surface area contributed by atoms with Crippen LogP contribution in [0.15, 0.2) is 35.6 Å². The highest BCUT2D eigenvalue weighted by molar-refractivity contribution is 6.10. The molecule has 10 nitrogen and oxygen atoms in total. The number of pyridine rings is 1. The molecule has 3 rings (SSSR count). The molecule has 0 saturated carbocycles. The molecule has 1 fully saturated rings. The van der Waals surface area contributed by atoms with Crippen LogP contribution in [0.1, 0.15) is 41.9 Å². The van der Waals surface area contributed by atoms with Crippen molar-refractivity contribution >= 4 is 23.9 Å². The summed E-state index contributed by atoms with van der Waals surface area (Å²) in [7, 11) is 1.55. The van der Waals surface area contributed by atoms with E-state index in [0.29, 0.717) is 25.2 Å². The van der Waals surface area contributed by atoms with Crippen LogP contribution < -0.4 is 11.1 Å². The number of carbonyl (C=O) groups is 2. The smallest absolute Gasteiger partial charge is 0.270 e. The van der Waals surface area contributed by atoms with Gasteiger partial charge in [-0.05, 0) is 25.5 Å². The van der Waals surface area contributed by atoms with Gasteiger partial charge in [-0.3, -0.25) is 24.9 Å². The Morgan fingerprint density at radius 1 is 1.45 bits per heavy atom. The summed E-state index contributed by atoms with van der Waals surface area (Å²) in [4.78, 5) is 34.3. The Labute approximate surface area is 168 Å². The van der Waals surface area contributed by atoms with E-state index >= 15 is 0 Å². The van der Waals surface area contributed by atoms with Crippen LogP contribution >= 0.6 is 0 Å². The summed E-state index contributed by atoms with van der Waals surface area (Å²) in [5.74, 6) is -0.137. The van der Waals surface area contributed by atoms with Crippen LogP contribution in [0.25, 0.3) is 5.82 Å².